The van der Waals surface area contributed by atoms with Gasteiger partial charge in [-0.15, -0.1) is 0 Å². The van der Waals surface area contributed by atoms with Gasteiger partial charge in [0.25, 0.3) is 0 Å². The van der Waals surface area contributed by atoms with E-state index in [1.165, 1.54) is 0 Å². The molecule has 0 N–H and O–H groups in total. The lowest BCUT2D eigenvalue weighted by molar-refractivity contribution is -0.167. The molecule has 0 unspecified atom stereocenters. The van der Waals surface area contributed by atoms with Crippen molar-refractivity contribution >= 4 is 30.9 Å². The van der Waals surface area contributed by atoms with Crippen LogP contribution in [0.1, 0.15) is 94.9 Å². The molecule has 1 aliphatic rings. The lowest BCUT2D eigenvalue weighted by Gasteiger charge is -2.46. The van der Waals surface area contributed by atoms with Gasteiger partial charge in [-0.05, 0) is 73.7 Å². The number of carbonyl (C=O) groups is 1. The fourth-order valence-corrected chi connectivity index (χ4v) is 7.48. The molecular weight excluding hydrogens is 525 g/mol. The zero-order valence-electron chi connectivity index (χ0n) is 27.8. The molecule has 0 aromatic carbocycles. The largest absolute Gasteiger partial charge is 0.458 e. The van der Waals surface area contributed by atoms with Crippen molar-refractivity contribution in [3.8, 4) is 0 Å². The first-order valence-corrected chi connectivity index (χ1v) is 23.5. The van der Waals surface area contributed by atoms with Gasteiger partial charge in [-0.1, -0.05) is 87.8 Å². The van der Waals surface area contributed by atoms with Crippen LogP contribution in [0.2, 0.25) is 54.4 Å². The van der Waals surface area contributed by atoms with Crippen molar-refractivity contribution in [2.45, 2.75) is 174 Å². The summed E-state index contributed by atoms with van der Waals surface area (Å²) in [7, 11) is -6.50. The van der Waals surface area contributed by atoms with Crippen LogP contribution in [0, 0.1) is 0 Å². The van der Waals surface area contributed by atoms with Gasteiger partial charge < -0.3 is 18.0 Å². The summed E-state index contributed by atoms with van der Waals surface area (Å²) in [6.45, 7) is 35.8. The maximum atomic E-state index is 13.8. The maximum absolute atomic E-state index is 13.8. The molecule has 0 aromatic heterocycles. The molecule has 224 valence electrons. The van der Waals surface area contributed by atoms with E-state index in [9.17, 15) is 4.79 Å². The van der Waals surface area contributed by atoms with Crippen LogP contribution in [0.3, 0.4) is 0 Å². The normalized spacial score (nSPS) is 26.2. The Morgan fingerprint density at radius 1 is 0.789 bits per heavy atom. The van der Waals surface area contributed by atoms with E-state index in [2.05, 4.69) is 121 Å². The molecule has 0 fully saturated rings. The molecule has 0 amide bonds. The van der Waals surface area contributed by atoms with Crippen molar-refractivity contribution in [1.29, 1.82) is 0 Å². The maximum Gasteiger partial charge on any atom is 0.334 e. The second-order valence-corrected chi connectivity index (χ2v) is 30.1. The second kappa shape index (κ2) is 12.7. The van der Waals surface area contributed by atoms with Crippen molar-refractivity contribution in [1.82, 2.24) is 0 Å². The van der Waals surface area contributed by atoms with Crippen molar-refractivity contribution in [2.24, 2.45) is 0 Å². The number of esters is 1. The predicted octanol–water partition coefficient (Wildman–Crippen LogP) is 9.22. The molecule has 0 saturated heterocycles. The van der Waals surface area contributed by atoms with Gasteiger partial charge in [-0.25, -0.2) is 4.79 Å². The van der Waals surface area contributed by atoms with E-state index >= 15 is 0 Å². The van der Waals surface area contributed by atoms with Gasteiger partial charge in [0.15, 0.2) is 25.0 Å². The second-order valence-electron chi connectivity index (χ2n) is 15.8. The first-order valence-electron chi connectivity index (χ1n) is 14.8. The number of carbonyl (C=O) groups excluding carboxylic acids is 1. The molecule has 8 heteroatoms. The minimum absolute atomic E-state index is 0.0112. The number of hydrogen-bond acceptors (Lipinski definition) is 5. The molecule has 1 heterocycles. The summed E-state index contributed by atoms with van der Waals surface area (Å²) in [5.41, 5.74) is 0. The fraction of sp³-hybridized carbons (Fsp3) is 0.900. The first kappa shape index (κ1) is 35.8. The van der Waals surface area contributed by atoms with Crippen LogP contribution < -0.4 is 0 Å². The van der Waals surface area contributed by atoms with Crippen LogP contribution >= 0.6 is 0 Å². The summed E-state index contributed by atoms with van der Waals surface area (Å²) < 4.78 is 27.2. The number of rotatable bonds is 8. The Kier molecular flexibility index (Phi) is 12.0. The van der Waals surface area contributed by atoms with Crippen molar-refractivity contribution in [2.75, 3.05) is 0 Å². The van der Waals surface area contributed by atoms with Crippen LogP contribution in [0.15, 0.2) is 12.2 Å². The molecule has 5 nitrogen and oxygen atoms in total. The fourth-order valence-electron chi connectivity index (χ4n) is 3.64. The highest BCUT2D eigenvalue weighted by molar-refractivity contribution is 6.75. The molecule has 0 saturated carbocycles. The molecular formula is C30H62O5Si3. The molecule has 0 spiro atoms. The lowest BCUT2D eigenvalue weighted by atomic mass is 10.0. The Morgan fingerprint density at radius 3 is 1.68 bits per heavy atom. The minimum atomic E-state index is -2.21. The van der Waals surface area contributed by atoms with Crippen molar-refractivity contribution in [3.63, 3.8) is 0 Å². The average Bonchev–Trinajstić information content (AvgIpc) is 2.69. The van der Waals surface area contributed by atoms with E-state index in [0.717, 1.165) is 19.3 Å². The van der Waals surface area contributed by atoms with Gasteiger partial charge in [-0.3, -0.25) is 0 Å². The Balaban J connectivity index is 3.60. The highest BCUT2D eigenvalue weighted by atomic mass is 28.4. The van der Waals surface area contributed by atoms with Gasteiger partial charge in [0.05, 0.1) is 6.10 Å². The predicted molar refractivity (Wildman–Crippen MR) is 169 cm³/mol. The van der Waals surface area contributed by atoms with Gasteiger partial charge in [0.2, 0.25) is 0 Å². The smallest absolute Gasteiger partial charge is 0.334 e. The number of cyclic esters (lactones) is 1. The lowest BCUT2D eigenvalue weighted by Crippen LogP contribution is -2.56. The van der Waals surface area contributed by atoms with Crippen LogP contribution in [0.5, 0.6) is 0 Å². The first-order chi connectivity index (χ1) is 16.9. The standard InChI is InChI=1S/C30H62O5Si3/c1-17-20-23-26(35-38(15,16)30(8,9)10)24(33-36(11,12)28(2,3)4)21-18-19-22-25(27(31)32-23)34-37(13,14)29(5,6)7/h18,21,23-26H,17,19-20,22H2,1-16H3/b21-18+/t23-,24+,25-,26-/m1/s1. The Labute approximate surface area is 239 Å². The Bertz CT molecular complexity index is 800. The van der Waals surface area contributed by atoms with Gasteiger partial charge in [0, 0.05) is 0 Å². The van der Waals surface area contributed by atoms with E-state index in [-0.39, 0.29) is 33.3 Å². The zero-order valence-corrected chi connectivity index (χ0v) is 30.8. The summed E-state index contributed by atoms with van der Waals surface area (Å²) in [5, 5.41) is 0.0797. The van der Waals surface area contributed by atoms with E-state index in [0.29, 0.717) is 6.42 Å². The zero-order chi connectivity index (χ0) is 30.0. The highest BCUT2D eigenvalue weighted by Gasteiger charge is 2.48. The summed E-state index contributed by atoms with van der Waals surface area (Å²) in [6.07, 6.45) is 5.74. The van der Waals surface area contributed by atoms with Crippen molar-refractivity contribution in [3.05, 3.63) is 12.2 Å². The van der Waals surface area contributed by atoms with E-state index in [1.807, 2.05) is 0 Å². The van der Waals surface area contributed by atoms with Gasteiger partial charge in [0.1, 0.15) is 18.3 Å². The average molecular weight is 587 g/mol. The monoisotopic (exact) mass is 586 g/mol. The summed E-state index contributed by atoms with van der Waals surface area (Å²) in [5.74, 6) is -0.251. The topological polar surface area (TPSA) is 54.0 Å². The molecule has 38 heavy (non-hydrogen) atoms. The summed E-state index contributed by atoms with van der Waals surface area (Å²) in [4.78, 5) is 13.8. The SMILES string of the molecule is CCC[C@H]1OC(=O)[C@H](O[Si](C)(C)C(C)(C)C)CC/C=C/[C@H](O[Si](C)(C)C(C)(C)C)[C@@H]1O[Si](C)(C)C(C)(C)C. The van der Waals surface area contributed by atoms with Crippen LogP contribution in [0.4, 0.5) is 0 Å². The minimum Gasteiger partial charge on any atom is -0.458 e. The van der Waals surface area contributed by atoms with E-state index < -0.39 is 37.2 Å². The Morgan fingerprint density at radius 2 is 1.24 bits per heavy atom. The third-order valence-corrected chi connectivity index (χ3v) is 22.9. The third-order valence-electron chi connectivity index (χ3n) is 9.43. The number of allylic oxidation sites excluding steroid dienone is 1. The molecule has 1 rings (SSSR count). The molecule has 0 aromatic rings. The molecule has 1 aliphatic heterocycles. The summed E-state index contributed by atoms with van der Waals surface area (Å²) >= 11 is 0. The van der Waals surface area contributed by atoms with Crippen LogP contribution in [0.25, 0.3) is 0 Å². The van der Waals surface area contributed by atoms with Crippen LogP contribution in [-0.4, -0.2) is 55.3 Å². The van der Waals surface area contributed by atoms with Crippen molar-refractivity contribution < 1.29 is 22.8 Å². The molecule has 0 bridgehead atoms. The Hall–Kier alpha value is -0.259. The quantitative estimate of drug-likeness (QED) is 0.161. The molecule has 4 atom stereocenters. The van der Waals surface area contributed by atoms with Gasteiger partial charge >= 0.3 is 5.97 Å². The third kappa shape index (κ3) is 9.40. The van der Waals surface area contributed by atoms with E-state index in [4.69, 9.17) is 18.0 Å². The van der Waals surface area contributed by atoms with Crippen LogP contribution in [-0.2, 0) is 22.8 Å². The van der Waals surface area contributed by atoms with E-state index in [1.54, 1.807) is 0 Å². The number of hydrogen-bond donors (Lipinski definition) is 0. The summed E-state index contributed by atoms with van der Waals surface area (Å²) in [6, 6.07) is 0. The van der Waals surface area contributed by atoms with Gasteiger partial charge in [-0.2, -0.15) is 0 Å². The highest BCUT2D eigenvalue weighted by Crippen LogP contribution is 2.42. The number of ether oxygens (including phenoxy) is 1. The molecule has 0 radical (unpaired) electrons. The molecule has 0 aliphatic carbocycles.